The third kappa shape index (κ3) is 9.00. The zero-order valence-electron chi connectivity index (χ0n) is 21.8. The highest BCUT2D eigenvalue weighted by molar-refractivity contribution is 7.89. The first-order chi connectivity index (χ1) is 16.7. The molecule has 0 aliphatic heterocycles. The van der Waals surface area contributed by atoms with Crippen molar-refractivity contribution in [2.24, 2.45) is 5.92 Å². The number of sulfonamides is 1. The summed E-state index contributed by atoms with van der Waals surface area (Å²) in [4.78, 5) is 12.6. The first-order valence-corrected chi connectivity index (χ1v) is 13.2. The lowest BCUT2D eigenvalue weighted by atomic mass is 10.0. The predicted molar refractivity (Wildman–Crippen MR) is 138 cm³/mol. The Hall–Kier alpha value is -2.82. The maximum Gasteiger partial charge on any atom is 0.407 e. The molecule has 2 rings (SSSR count). The Morgan fingerprint density at radius 3 is 2.11 bits per heavy atom. The van der Waals surface area contributed by atoms with Crippen molar-refractivity contribution in [2.45, 2.75) is 63.7 Å². The van der Waals surface area contributed by atoms with Crippen LogP contribution in [-0.4, -0.2) is 67.0 Å². The predicted octanol–water partition coefficient (Wildman–Crippen LogP) is 3.54. The van der Waals surface area contributed by atoms with E-state index >= 15 is 0 Å². The van der Waals surface area contributed by atoms with Crippen LogP contribution >= 0.6 is 0 Å². The molecule has 0 aromatic heterocycles. The number of aliphatic hydroxyl groups excluding tert-OH is 1. The molecule has 2 aromatic rings. The maximum absolute atomic E-state index is 13.5. The standard InChI is InChI=1S/C26H38N2O7S/c1-18(2)16-28(36(32,33)22-13-11-21(34-6)12-14-22)17-24(30)23(27-25(31)35-26(3,4)5)15-19-7-9-20(29)10-8-19/h7-14,18,23-24,29-30H,15-17H2,1-6H3,(H,27,31)/t23-,24+/m0/s1. The molecule has 3 N–H and O–H groups in total. The molecule has 0 radical (unpaired) electrons. The number of benzene rings is 2. The number of carbonyl (C=O) groups is 1. The molecule has 2 atom stereocenters. The zero-order chi connectivity index (χ0) is 27.1. The lowest BCUT2D eigenvalue weighted by Crippen LogP contribution is -2.51. The Balaban J connectivity index is 2.33. The zero-order valence-corrected chi connectivity index (χ0v) is 22.6. The van der Waals surface area contributed by atoms with Crippen molar-refractivity contribution in [2.75, 3.05) is 20.2 Å². The molecule has 9 nitrogen and oxygen atoms in total. The Morgan fingerprint density at radius 1 is 1.03 bits per heavy atom. The molecule has 0 aliphatic rings. The minimum Gasteiger partial charge on any atom is -0.508 e. The number of ether oxygens (including phenoxy) is 2. The summed E-state index contributed by atoms with van der Waals surface area (Å²) in [5.41, 5.74) is -0.0131. The highest BCUT2D eigenvalue weighted by Gasteiger charge is 2.32. The summed E-state index contributed by atoms with van der Waals surface area (Å²) < 4.78 is 38.6. The fourth-order valence-corrected chi connectivity index (χ4v) is 5.16. The summed E-state index contributed by atoms with van der Waals surface area (Å²) in [7, 11) is -2.45. The summed E-state index contributed by atoms with van der Waals surface area (Å²) >= 11 is 0. The van der Waals surface area contributed by atoms with Crippen LogP contribution in [0.2, 0.25) is 0 Å². The van der Waals surface area contributed by atoms with Gasteiger partial charge in [0.1, 0.15) is 17.1 Å². The molecule has 2 aromatic carbocycles. The molecule has 1 amide bonds. The minimum atomic E-state index is -3.94. The number of phenolic OH excluding ortho intramolecular Hbond substituents is 1. The molecular weight excluding hydrogens is 484 g/mol. The number of hydrogen-bond donors (Lipinski definition) is 3. The number of amides is 1. The van der Waals surface area contributed by atoms with Crippen LogP contribution in [0.15, 0.2) is 53.4 Å². The fraction of sp³-hybridized carbons (Fsp3) is 0.500. The number of hydrogen-bond acceptors (Lipinski definition) is 7. The molecule has 36 heavy (non-hydrogen) atoms. The van der Waals surface area contributed by atoms with Crippen molar-refractivity contribution in [3.8, 4) is 11.5 Å². The van der Waals surface area contributed by atoms with E-state index in [1.165, 1.54) is 35.7 Å². The SMILES string of the molecule is COc1ccc(S(=O)(=O)N(CC(C)C)C[C@@H](O)[C@H](Cc2ccc(O)cc2)NC(=O)OC(C)(C)C)cc1. The topological polar surface area (TPSA) is 125 Å². The minimum absolute atomic E-state index is 0.0143. The third-order valence-corrected chi connectivity index (χ3v) is 7.06. The monoisotopic (exact) mass is 522 g/mol. The van der Waals surface area contributed by atoms with Gasteiger partial charge in [-0.1, -0.05) is 26.0 Å². The van der Waals surface area contributed by atoms with Crippen LogP contribution < -0.4 is 10.1 Å². The van der Waals surface area contributed by atoms with E-state index in [1.807, 2.05) is 13.8 Å². The average molecular weight is 523 g/mol. The van der Waals surface area contributed by atoms with Crippen molar-refractivity contribution in [3.63, 3.8) is 0 Å². The molecule has 10 heteroatoms. The van der Waals surface area contributed by atoms with Gasteiger partial charge in [0.15, 0.2) is 0 Å². The Labute approximate surface area is 214 Å². The third-order valence-electron chi connectivity index (χ3n) is 5.22. The largest absolute Gasteiger partial charge is 0.508 e. The first kappa shape index (κ1) is 29.4. The van der Waals surface area contributed by atoms with Crippen molar-refractivity contribution in [3.05, 3.63) is 54.1 Å². The summed E-state index contributed by atoms with van der Waals surface area (Å²) in [6.45, 7) is 8.87. The number of nitrogens with zero attached hydrogens (tertiary/aromatic N) is 1. The summed E-state index contributed by atoms with van der Waals surface area (Å²) in [6, 6.07) is 11.5. The average Bonchev–Trinajstić information content (AvgIpc) is 2.78. The Morgan fingerprint density at radius 2 is 1.61 bits per heavy atom. The Bertz CT molecular complexity index is 1080. The van der Waals surface area contributed by atoms with Crippen LogP contribution in [0, 0.1) is 5.92 Å². The smallest absolute Gasteiger partial charge is 0.407 e. The van der Waals surface area contributed by atoms with Crippen molar-refractivity contribution < 1.29 is 32.9 Å². The van der Waals surface area contributed by atoms with E-state index in [2.05, 4.69) is 5.32 Å². The van der Waals surface area contributed by atoms with Gasteiger partial charge in [-0.15, -0.1) is 0 Å². The van der Waals surface area contributed by atoms with E-state index in [1.54, 1.807) is 45.0 Å². The summed E-state index contributed by atoms with van der Waals surface area (Å²) in [5.74, 6) is 0.601. The number of carbonyl (C=O) groups excluding carboxylic acids is 1. The lowest BCUT2D eigenvalue weighted by Gasteiger charge is -2.31. The van der Waals surface area contributed by atoms with Crippen molar-refractivity contribution in [1.29, 1.82) is 0 Å². The van der Waals surface area contributed by atoms with Gasteiger partial charge in [0, 0.05) is 13.1 Å². The van der Waals surface area contributed by atoms with Crippen LogP contribution in [0.25, 0.3) is 0 Å². The van der Waals surface area contributed by atoms with E-state index in [4.69, 9.17) is 9.47 Å². The van der Waals surface area contributed by atoms with Gasteiger partial charge < -0.3 is 25.0 Å². The van der Waals surface area contributed by atoms with Gasteiger partial charge in [0.2, 0.25) is 10.0 Å². The highest BCUT2D eigenvalue weighted by atomic mass is 32.2. The van der Waals surface area contributed by atoms with E-state index in [0.717, 1.165) is 5.56 Å². The Kier molecular flexibility index (Phi) is 10.2. The van der Waals surface area contributed by atoms with Gasteiger partial charge in [-0.05, 0) is 75.1 Å². The number of alkyl carbamates (subject to hydrolysis) is 1. The lowest BCUT2D eigenvalue weighted by molar-refractivity contribution is 0.0400. The second kappa shape index (κ2) is 12.4. The quantitative estimate of drug-likeness (QED) is 0.412. The number of aliphatic hydroxyl groups is 1. The number of aromatic hydroxyl groups is 1. The molecule has 0 fully saturated rings. The molecule has 0 unspecified atom stereocenters. The summed E-state index contributed by atoms with van der Waals surface area (Å²) in [5, 5.41) is 23.5. The normalized spacial score (nSPS) is 13.9. The molecule has 0 spiro atoms. The van der Waals surface area contributed by atoms with E-state index < -0.39 is 33.9 Å². The van der Waals surface area contributed by atoms with Gasteiger partial charge in [-0.2, -0.15) is 4.31 Å². The second-order valence-corrected chi connectivity index (χ2v) is 12.0. The number of methoxy groups -OCH3 is 1. The van der Waals surface area contributed by atoms with Gasteiger partial charge in [-0.25, -0.2) is 13.2 Å². The van der Waals surface area contributed by atoms with Gasteiger partial charge in [0.05, 0.1) is 24.2 Å². The van der Waals surface area contributed by atoms with Crippen LogP contribution in [-0.2, 0) is 21.2 Å². The van der Waals surface area contributed by atoms with Crippen molar-refractivity contribution in [1.82, 2.24) is 9.62 Å². The van der Waals surface area contributed by atoms with Gasteiger partial charge in [0.25, 0.3) is 0 Å². The fourth-order valence-electron chi connectivity index (χ4n) is 3.54. The molecule has 0 heterocycles. The summed E-state index contributed by atoms with van der Waals surface area (Å²) in [6.07, 6.45) is -1.78. The van der Waals surface area contributed by atoms with Crippen LogP contribution in [0.3, 0.4) is 0 Å². The van der Waals surface area contributed by atoms with E-state index in [-0.39, 0.29) is 36.1 Å². The number of phenols is 1. The first-order valence-electron chi connectivity index (χ1n) is 11.8. The number of rotatable bonds is 11. The molecular formula is C26H38N2O7S. The molecule has 0 saturated heterocycles. The van der Waals surface area contributed by atoms with Crippen LogP contribution in [0.5, 0.6) is 11.5 Å². The van der Waals surface area contributed by atoms with Crippen LogP contribution in [0.1, 0.15) is 40.2 Å². The highest BCUT2D eigenvalue weighted by Crippen LogP contribution is 2.22. The molecule has 0 aliphatic carbocycles. The van der Waals surface area contributed by atoms with Crippen molar-refractivity contribution >= 4 is 16.1 Å². The molecule has 0 bridgehead atoms. The van der Waals surface area contributed by atoms with Gasteiger partial charge in [-0.3, -0.25) is 0 Å². The molecule has 0 saturated carbocycles. The van der Waals surface area contributed by atoms with Gasteiger partial charge >= 0.3 is 6.09 Å². The van der Waals surface area contributed by atoms with E-state index in [0.29, 0.717) is 5.75 Å². The number of nitrogens with one attached hydrogen (secondary N) is 1. The van der Waals surface area contributed by atoms with Crippen LogP contribution in [0.4, 0.5) is 4.79 Å². The second-order valence-electron chi connectivity index (χ2n) is 10.1. The maximum atomic E-state index is 13.5. The molecule has 200 valence electrons. The van der Waals surface area contributed by atoms with E-state index in [9.17, 15) is 23.4 Å².